The molecule has 0 unspecified atom stereocenters. The van der Waals surface area contributed by atoms with E-state index in [1.54, 1.807) is 17.4 Å². The Kier molecular flexibility index (Phi) is 4.30. The van der Waals surface area contributed by atoms with E-state index in [1.807, 2.05) is 13.0 Å². The lowest BCUT2D eigenvalue weighted by Crippen LogP contribution is -2.45. The highest BCUT2D eigenvalue weighted by molar-refractivity contribution is 7.09. The Labute approximate surface area is 145 Å². The van der Waals surface area contributed by atoms with Crippen molar-refractivity contribution in [2.75, 3.05) is 33.0 Å². The normalized spacial score (nSPS) is 18.2. The molecule has 2 aromatic rings. The smallest absolute Gasteiger partial charge is 0.231 e. The van der Waals surface area contributed by atoms with Crippen molar-refractivity contribution in [2.45, 2.75) is 20.0 Å². The van der Waals surface area contributed by atoms with E-state index >= 15 is 0 Å². The maximum absolute atomic E-state index is 10.2. The van der Waals surface area contributed by atoms with Crippen LogP contribution in [0, 0.1) is 6.92 Å². The summed E-state index contributed by atoms with van der Waals surface area (Å²) in [7, 11) is 0. The van der Waals surface area contributed by atoms with Crippen molar-refractivity contribution in [3.63, 3.8) is 0 Å². The number of piperazine rings is 1. The first-order valence-electron chi connectivity index (χ1n) is 8.14. The van der Waals surface area contributed by atoms with E-state index in [-0.39, 0.29) is 12.5 Å². The van der Waals surface area contributed by atoms with Gasteiger partial charge in [0.15, 0.2) is 11.5 Å². The zero-order valence-electron chi connectivity index (χ0n) is 13.7. The summed E-state index contributed by atoms with van der Waals surface area (Å²) < 4.78 is 10.7. The van der Waals surface area contributed by atoms with Crippen molar-refractivity contribution in [3.8, 4) is 17.2 Å². The van der Waals surface area contributed by atoms with Gasteiger partial charge >= 0.3 is 0 Å². The van der Waals surface area contributed by atoms with Crippen LogP contribution in [0.25, 0.3) is 0 Å². The quantitative estimate of drug-likeness (QED) is 0.915. The van der Waals surface area contributed by atoms with Crippen LogP contribution >= 0.6 is 11.3 Å². The zero-order chi connectivity index (χ0) is 16.5. The first-order valence-corrected chi connectivity index (χ1v) is 9.02. The molecule has 2 aliphatic rings. The molecule has 0 radical (unpaired) electrons. The Morgan fingerprint density at radius 1 is 1.08 bits per heavy atom. The van der Waals surface area contributed by atoms with Gasteiger partial charge in [0.2, 0.25) is 6.79 Å². The Hall–Kier alpha value is -1.83. The molecule has 1 saturated heterocycles. The van der Waals surface area contributed by atoms with Crippen molar-refractivity contribution in [2.24, 2.45) is 0 Å². The van der Waals surface area contributed by atoms with Crippen LogP contribution in [0.1, 0.15) is 16.3 Å². The maximum Gasteiger partial charge on any atom is 0.231 e. The number of aryl methyl sites for hydroxylation is 1. The van der Waals surface area contributed by atoms with E-state index in [0.29, 0.717) is 5.75 Å². The van der Waals surface area contributed by atoms with Gasteiger partial charge < -0.3 is 14.6 Å². The fourth-order valence-electron chi connectivity index (χ4n) is 3.16. The average molecular weight is 347 g/mol. The molecule has 0 amide bonds. The highest BCUT2D eigenvalue weighted by Crippen LogP contribution is 2.38. The standard InChI is InChI=1S/C17H21N3O3S/c1-12-18-14(10-24-12)9-20-4-2-19(3-5-20)8-13-6-16-17(7-15(13)21)23-11-22-16/h6-7,10,21H,2-5,8-9,11H2,1H3. The molecule has 7 heteroatoms. The van der Waals surface area contributed by atoms with Crippen LogP contribution in [0.3, 0.4) is 0 Å². The van der Waals surface area contributed by atoms with Gasteiger partial charge in [0, 0.05) is 56.3 Å². The van der Waals surface area contributed by atoms with Gasteiger partial charge in [-0.2, -0.15) is 0 Å². The minimum Gasteiger partial charge on any atom is -0.507 e. The molecule has 1 aromatic heterocycles. The average Bonchev–Trinajstić information content (AvgIpc) is 3.18. The van der Waals surface area contributed by atoms with Gasteiger partial charge in [-0.05, 0) is 13.0 Å². The van der Waals surface area contributed by atoms with E-state index in [0.717, 1.165) is 55.6 Å². The number of ether oxygens (including phenoxy) is 2. The number of aromatic nitrogens is 1. The second-order valence-electron chi connectivity index (χ2n) is 6.24. The SMILES string of the molecule is Cc1nc(CN2CCN(Cc3cc4c(cc3O)OCO4)CC2)cs1. The van der Waals surface area contributed by atoms with Crippen molar-refractivity contribution in [1.82, 2.24) is 14.8 Å². The third kappa shape index (κ3) is 3.33. The molecule has 2 aliphatic heterocycles. The predicted molar refractivity (Wildman–Crippen MR) is 91.6 cm³/mol. The molecule has 0 spiro atoms. The molecule has 4 rings (SSSR count). The summed E-state index contributed by atoms with van der Waals surface area (Å²) in [4.78, 5) is 9.34. The topological polar surface area (TPSA) is 58.1 Å². The molecule has 0 aliphatic carbocycles. The maximum atomic E-state index is 10.2. The first-order chi connectivity index (χ1) is 11.7. The second-order valence-corrected chi connectivity index (χ2v) is 7.31. The Bertz CT molecular complexity index is 726. The zero-order valence-corrected chi connectivity index (χ0v) is 14.5. The van der Waals surface area contributed by atoms with Gasteiger partial charge in [-0.15, -0.1) is 11.3 Å². The van der Waals surface area contributed by atoms with E-state index in [1.165, 1.54) is 5.69 Å². The molecule has 1 N–H and O–H groups in total. The van der Waals surface area contributed by atoms with Crippen LogP contribution in [0.5, 0.6) is 17.2 Å². The number of hydrogen-bond donors (Lipinski definition) is 1. The summed E-state index contributed by atoms with van der Waals surface area (Å²) in [5.41, 5.74) is 2.06. The van der Waals surface area contributed by atoms with Gasteiger partial charge in [-0.25, -0.2) is 4.98 Å². The summed E-state index contributed by atoms with van der Waals surface area (Å²) in [6.45, 7) is 7.92. The number of phenols is 1. The molecule has 3 heterocycles. The monoisotopic (exact) mass is 347 g/mol. The second kappa shape index (κ2) is 6.58. The number of fused-ring (bicyclic) bond motifs is 1. The molecule has 128 valence electrons. The minimum atomic E-state index is 0.229. The van der Waals surface area contributed by atoms with E-state index < -0.39 is 0 Å². The van der Waals surface area contributed by atoms with Crippen LogP contribution in [0.15, 0.2) is 17.5 Å². The molecule has 0 bridgehead atoms. The van der Waals surface area contributed by atoms with Crippen LogP contribution < -0.4 is 9.47 Å². The largest absolute Gasteiger partial charge is 0.507 e. The number of aromatic hydroxyl groups is 1. The third-order valence-corrected chi connectivity index (χ3v) is 5.31. The molecule has 0 saturated carbocycles. The Balaban J connectivity index is 1.33. The number of nitrogens with zero attached hydrogens (tertiary/aromatic N) is 3. The number of hydrogen-bond acceptors (Lipinski definition) is 7. The summed E-state index contributed by atoms with van der Waals surface area (Å²) in [6.07, 6.45) is 0. The molecular formula is C17H21N3O3S. The number of thiazole rings is 1. The number of rotatable bonds is 4. The Morgan fingerprint density at radius 2 is 1.75 bits per heavy atom. The van der Waals surface area contributed by atoms with Gasteiger partial charge in [0.1, 0.15) is 5.75 Å². The highest BCUT2D eigenvalue weighted by Gasteiger charge is 2.21. The highest BCUT2D eigenvalue weighted by atomic mass is 32.1. The van der Waals surface area contributed by atoms with Gasteiger partial charge in [-0.3, -0.25) is 9.80 Å². The predicted octanol–water partition coefficient (Wildman–Crippen LogP) is 2.20. The Morgan fingerprint density at radius 3 is 2.42 bits per heavy atom. The fraction of sp³-hybridized carbons (Fsp3) is 0.471. The van der Waals surface area contributed by atoms with Gasteiger partial charge in [0.25, 0.3) is 0 Å². The number of phenolic OH excluding ortho intramolecular Hbond substituents is 1. The summed E-state index contributed by atoms with van der Waals surface area (Å²) >= 11 is 1.71. The lowest BCUT2D eigenvalue weighted by Gasteiger charge is -2.34. The molecule has 1 aromatic carbocycles. The van der Waals surface area contributed by atoms with Gasteiger partial charge in [0.05, 0.1) is 10.7 Å². The van der Waals surface area contributed by atoms with Crippen LogP contribution in [0.2, 0.25) is 0 Å². The molecule has 0 atom stereocenters. The van der Waals surface area contributed by atoms with E-state index in [2.05, 4.69) is 20.2 Å². The third-order valence-electron chi connectivity index (χ3n) is 4.48. The number of benzene rings is 1. The lowest BCUT2D eigenvalue weighted by molar-refractivity contribution is 0.120. The van der Waals surface area contributed by atoms with Crippen molar-refractivity contribution in [1.29, 1.82) is 0 Å². The minimum absolute atomic E-state index is 0.229. The van der Waals surface area contributed by atoms with Crippen LogP contribution in [-0.4, -0.2) is 52.9 Å². The molecule has 24 heavy (non-hydrogen) atoms. The van der Waals surface area contributed by atoms with Crippen molar-refractivity contribution < 1.29 is 14.6 Å². The van der Waals surface area contributed by atoms with E-state index in [9.17, 15) is 5.11 Å². The molecular weight excluding hydrogens is 326 g/mol. The summed E-state index contributed by atoms with van der Waals surface area (Å²) in [5.74, 6) is 1.62. The molecule has 6 nitrogen and oxygen atoms in total. The van der Waals surface area contributed by atoms with Crippen molar-refractivity contribution >= 4 is 11.3 Å². The first kappa shape index (κ1) is 15.7. The summed E-state index contributed by atoms with van der Waals surface area (Å²) in [5, 5.41) is 13.4. The van der Waals surface area contributed by atoms with Crippen molar-refractivity contribution in [3.05, 3.63) is 33.8 Å². The fourth-order valence-corrected chi connectivity index (χ4v) is 3.76. The summed E-state index contributed by atoms with van der Waals surface area (Å²) in [6, 6.07) is 3.54. The van der Waals surface area contributed by atoms with Crippen LogP contribution in [-0.2, 0) is 13.1 Å². The van der Waals surface area contributed by atoms with Gasteiger partial charge in [-0.1, -0.05) is 0 Å². The van der Waals surface area contributed by atoms with E-state index in [4.69, 9.17) is 9.47 Å². The van der Waals surface area contributed by atoms with Crippen LogP contribution in [0.4, 0.5) is 0 Å². The molecule has 1 fully saturated rings. The lowest BCUT2D eigenvalue weighted by atomic mass is 10.1.